The van der Waals surface area contributed by atoms with Crippen LogP contribution in [0.3, 0.4) is 0 Å². The van der Waals surface area contributed by atoms with E-state index < -0.39 is 5.97 Å². The van der Waals surface area contributed by atoms with Gasteiger partial charge in [0.05, 0.1) is 12.4 Å². The van der Waals surface area contributed by atoms with Crippen LogP contribution in [0.25, 0.3) is 11.4 Å². The van der Waals surface area contributed by atoms with E-state index >= 15 is 0 Å². The number of thioether (sulfide) groups is 1. The third-order valence-electron chi connectivity index (χ3n) is 2.04. The molecule has 0 saturated carbocycles. The van der Waals surface area contributed by atoms with E-state index in [1.165, 1.54) is 4.68 Å². The third-order valence-corrected chi connectivity index (χ3v) is 2.97. The van der Waals surface area contributed by atoms with E-state index in [0.29, 0.717) is 17.5 Å². The zero-order valence-electron chi connectivity index (χ0n) is 11.1. The molecule has 0 aliphatic rings. The van der Waals surface area contributed by atoms with Gasteiger partial charge in [-0.05, 0) is 12.1 Å². The van der Waals surface area contributed by atoms with Crippen molar-refractivity contribution < 1.29 is 15.0 Å². The van der Waals surface area contributed by atoms with Crippen LogP contribution in [0.1, 0.15) is 0 Å². The second kappa shape index (κ2) is 8.89. The molecule has 0 bridgehead atoms. The summed E-state index contributed by atoms with van der Waals surface area (Å²) in [5.74, 6) is 5.18. The van der Waals surface area contributed by atoms with E-state index in [2.05, 4.69) is 15.2 Å². The van der Waals surface area contributed by atoms with Gasteiger partial charge in [-0.2, -0.15) is 0 Å². The second-order valence-electron chi connectivity index (χ2n) is 3.61. The van der Waals surface area contributed by atoms with Gasteiger partial charge in [-0.15, -0.1) is 10.2 Å². The lowest BCUT2D eigenvalue weighted by Gasteiger charge is -2.01. The predicted octanol–water partition coefficient (Wildman–Crippen LogP) is -0.832. The molecule has 0 radical (unpaired) electrons. The van der Waals surface area contributed by atoms with E-state index in [1.807, 2.05) is 0 Å². The Balaban J connectivity index is 0.000000491. The Morgan fingerprint density at radius 2 is 2.14 bits per heavy atom. The van der Waals surface area contributed by atoms with Crippen LogP contribution in [-0.2, 0) is 4.79 Å². The zero-order valence-corrected chi connectivity index (χ0v) is 11.9. The van der Waals surface area contributed by atoms with Gasteiger partial charge in [0.15, 0.2) is 5.82 Å². The summed E-state index contributed by atoms with van der Waals surface area (Å²) in [7, 11) is 0. The molecular formula is C11H16N6O3S. The van der Waals surface area contributed by atoms with Crippen molar-refractivity contribution in [2.45, 2.75) is 5.16 Å². The minimum atomic E-state index is -0.930. The first-order valence-electron chi connectivity index (χ1n) is 5.86. The molecule has 10 heteroatoms. The number of aliphatic hydroxyl groups is 1. The Morgan fingerprint density at radius 3 is 2.67 bits per heavy atom. The van der Waals surface area contributed by atoms with Crippen LogP contribution in [0.2, 0.25) is 0 Å². The summed E-state index contributed by atoms with van der Waals surface area (Å²) >= 11 is 1.02. The van der Waals surface area contributed by atoms with Gasteiger partial charge in [-0.1, -0.05) is 11.8 Å². The van der Waals surface area contributed by atoms with E-state index in [1.54, 1.807) is 24.5 Å². The molecule has 0 atom stereocenters. The van der Waals surface area contributed by atoms with Crippen molar-refractivity contribution >= 4 is 17.7 Å². The average Bonchev–Trinajstić information content (AvgIpc) is 2.87. The standard InChI is InChI=1S/C9H9N5O2S.C2H7NO/c10-14-8(6-2-1-3-11-4-6)12-13-9(14)17-5-7(15)16;3-1-2-4/h1-4H,5,10H2,(H,15,16);4H,1-3H2. The highest BCUT2D eigenvalue weighted by atomic mass is 32.2. The Morgan fingerprint density at radius 1 is 1.43 bits per heavy atom. The second-order valence-corrected chi connectivity index (χ2v) is 4.56. The van der Waals surface area contributed by atoms with Crippen LogP contribution in [0.15, 0.2) is 29.7 Å². The van der Waals surface area contributed by atoms with Gasteiger partial charge in [0, 0.05) is 24.5 Å². The van der Waals surface area contributed by atoms with Crippen molar-refractivity contribution in [1.29, 1.82) is 0 Å². The monoisotopic (exact) mass is 312 g/mol. The van der Waals surface area contributed by atoms with Gasteiger partial charge in [0.1, 0.15) is 0 Å². The molecule has 0 aliphatic carbocycles. The fourth-order valence-corrected chi connectivity index (χ4v) is 1.77. The molecular weight excluding hydrogens is 296 g/mol. The molecule has 2 aromatic heterocycles. The maximum absolute atomic E-state index is 10.4. The average molecular weight is 312 g/mol. The van der Waals surface area contributed by atoms with E-state index in [9.17, 15) is 4.79 Å². The largest absolute Gasteiger partial charge is 0.481 e. The smallest absolute Gasteiger partial charge is 0.313 e. The molecule has 2 heterocycles. The molecule has 0 unspecified atom stereocenters. The van der Waals surface area contributed by atoms with Crippen molar-refractivity contribution in [2.75, 3.05) is 24.7 Å². The molecule has 114 valence electrons. The SMILES string of the molecule is NCCO.Nn1c(SCC(=O)O)nnc1-c1cccnc1. The molecule has 2 rings (SSSR count). The lowest BCUT2D eigenvalue weighted by Crippen LogP contribution is -2.12. The van der Waals surface area contributed by atoms with Gasteiger partial charge >= 0.3 is 5.97 Å². The van der Waals surface area contributed by atoms with Gasteiger partial charge in [-0.3, -0.25) is 9.78 Å². The predicted molar refractivity (Wildman–Crippen MR) is 77.9 cm³/mol. The molecule has 0 saturated heterocycles. The molecule has 0 spiro atoms. The number of pyridine rings is 1. The lowest BCUT2D eigenvalue weighted by molar-refractivity contribution is -0.133. The van der Waals surface area contributed by atoms with Gasteiger partial charge < -0.3 is 21.8 Å². The van der Waals surface area contributed by atoms with Crippen LogP contribution in [0.4, 0.5) is 0 Å². The van der Waals surface area contributed by atoms with Gasteiger partial charge in [0.2, 0.25) is 5.16 Å². The fourth-order valence-electron chi connectivity index (χ4n) is 1.19. The number of carboxylic acid groups (broad SMARTS) is 1. The number of rotatable bonds is 5. The Labute approximate surface area is 125 Å². The zero-order chi connectivity index (χ0) is 15.7. The molecule has 0 amide bonds. The normalized spacial score (nSPS) is 9.81. The van der Waals surface area contributed by atoms with Crippen LogP contribution in [0, 0.1) is 0 Å². The highest BCUT2D eigenvalue weighted by molar-refractivity contribution is 7.99. The number of carbonyl (C=O) groups is 1. The highest BCUT2D eigenvalue weighted by Crippen LogP contribution is 2.20. The molecule has 0 aliphatic heterocycles. The first-order valence-corrected chi connectivity index (χ1v) is 6.85. The minimum Gasteiger partial charge on any atom is -0.481 e. The molecule has 0 fully saturated rings. The number of aromatic nitrogens is 4. The number of nitrogen functional groups attached to an aromatic ring is 1. The number of hydrogen-bond acceptors (Lipinski definition) is 8. The number of aliphatic carboxylic acids is 1. The molecule has 6 N–H and O–H groups in total. The van der Waals surface area contributed by atoms with Crippen molar-refractivity contribution in [3.05, 3.63) is 24.5 Å². The summed E-state index contributed by atoms with van der Waals surface area (Å²) in [4.78, 5) is 14.4. The quantitative estimate of drug-likeness (QED) is 0.409. The minimum absolute atomic E-state index is 0.0972. The fraction of sp³-hybridized carbons (Fsp3) is 0.273. The first-order chi connectivity index (χ1) is 10.1. The third kappa shape index (κ3) is 5.38. The van der Waals surface area contributed by atoms with Gasteiger partial charge in [-0.25, -0.2) is 4.68 Å². The summed E-state index contributed by atoms with van der Waals surface area (Å²) in [6.07, 6.45) is 3.25. The molecule has 2 aromatic rings. The summed E-state index contributed by atoms with van der Waals surface area (Å²) < 4.78 is 1.25. The first kappa shape index (κ1) is 16.9. The molecule has 0 aromatic carbocycles. The Bertz CT molecular complexity index is 560. The van der Waals surface area contributed by atoms with Crippen molar-refractivity contribution in [1.82, 2.24) is 19.9 Å². The van der Waals surface area contributed by atoms with Crippen molar-refractivity contribution in [3.63, 3.8) is 0 Å². The maximum Gasteiger partial charge on any atom is 0.313 e. The summed E-state index contributed by atoms with van der Waals surface area (Å²) in [5.41, 5.74) is 5.50. The summed E-state index contributed by atoms with van der Waals surface area (Å²) in [5, 5.41) is 24.4. The highest BCUT2D eigenvalue weighted by Gasteiger charge is 2.13. The van der Waals surface area contributed by atoms with Gasteiger partial charge in [0.25, 0.3) is 0 Å². The Kier molecular flexibility index (Phi) is 7.15. The maximum atomic E-state index is 10.4. The number of aliphatic hydroxyl groups excluding tert-OH is 1. The summed E-state index contributed by atoms with van der Waals surface area (Å²) in [6, 6.07) is 3.56. The number of hydrogen-bond donors (Lipinski definition) is 4. The lowest BCUT2D eigenvalue weighted by atomic mass is 10.3. The molecule has 9 nitrogen and oxygen atoms in total. The van der Waals surface area contributed by atoms with Crippen LogP contribution >= 0.6 is 11.8 Å². The Hall–Kier alpha value is -2.17. The van der Waals surface area contributed by atoms with Crippen molar-refractivity contribution in [3.8, 4) is 11.4 Å². The molecule has 21 heavy (non-hydrogen) atoms. The van der Waals surface area contributed by atoms with Crippen molar-refractivity contribution in [2.24, 2.45) is 5.73 Å². The van der Waals surface area contributed by atoms with Crippen LogP contribution < -0.4 is 11.6 Å². The van der Waals surface area contributed by atoms with E-state index in [-0.39, 0.29) is 12.4 Å². The van der Waals surface area contributed by atoms with Crippen LogP contribution in [-0.4, -0.2) is 54.9 Å². The van der Waals surface area contributed by atoms with E-state index in [0.717, 1.165) is 17.3 Å². The van der Waals surface area contributed by atoms with Crippen LogP contribution in [0.5, 0.6) is 0 Å². The summed E-state index contributed by atoms with van der Waals surface area (Å²) in [6.45, 7) is 0.472. The number of carboxylic acids is 1. The van der Waals surface area contributed by atoms with E-state index in [4.69, 9.17) is 21.8 Å². The topological polar surface area (TPSA) is 153 Å². The number of nitrogens with zero attached hydrogens (tertiary/aromatic N) is 4. The number of nitrogens with two attached hydrogens (primary N) is 2.